The smallest absolute Gasteiger partial charge is 0.222 e. The number of hydrogen-bond donors (Lipinski definition) is 4. The number of amides is 2. The Labute approximate surface area is 179 Å². The van der Waals surface area contributed by atoms with Gasteiger partial charge in [-0.3, -0.25) is 24.0 Å². The first-order valence-corrected chi connectivity index (χ1v) is 10.5. The standard InChI is InChI=1S/C21H38N4O5/c1-14(26)9-17(7-6-8-22-4)24-21(30)13-19(11-16(3)28)25-20(29)12-18(23-5)10-15(2)27/h17-19,22-23H,6-13H2,1-5H3,(H,24,30)(H,25,29). The summed E-state index contributed by atoms with van der Waals surface area (Å²) < 4.78 is 0. The van der Waals surface area contributed by atoms with Gasteiger partial charge in [0.2, 0.25) is 11.8 Å². The second-order valence-electron chi connectivity index (χ2n) is 7.89. The van der Waals surface area contributed by atoms with Crippen LogP contribution in [0.4, 0.5) is 0 Å². The molecule has 3 atom stereocenters. The zero-order valence-corrected chi connectivity index (χ0v) is 18.9. The Bertz CT molecular complexity index is 594. The van der Waals surface area contributed by atoms with Crippen LogP contribution < -0.4 is 21.3 Å². The zero-order valence-electron chi connectivity index (χ0n) is 18.9. The summed E-state index contributed by atoms with van der Waals surface area (Å²) in [6, 6.07) is -1.22. The molecule has 9 nitrogen and oxygen atoms in total. The number of rotatable bonds is 17. The van der Waals surface area contributed by atoms with Crippen LogP contribution in [-0.2, 0) is 24.0 Å². The first-order chi connectivity index (χ1) is 14.1. The van der Waals surface area contributed by atoms with Crippen LogP contribution in [0.5, 0.6) is 0 Å². The molecule has 0 rings (SSSR count). The van der Waals surface area contributed by atoms with E-state index in [0.29, 0.717) is 6.42 Å². The van der Waals surface area contributed by atoms with Crippen molar-refractivity contribution in [3.63, 3.8) is 0 Å². The maximum Gasteiger partial charge on any atom is 0.222 e. The molecule has 0 aliphatic heterocycles. The van der Waals surface area contributed by atoms with Crippen LogP contribution in [0.2, 0.25) is 0 Å². The Morgan fingerprint density at radius 1 is 0.633 bits per heavy atom. The van der Waals surface area contributed by atoms with Crippen molar-refractivity contribution in [2.45, 2.75) is 83.8 Å². The molecule has 3 unspecified atom stereocenters. The molecule has 0 spiro atoms. The van der Waals surface area contributed by atoms with Crippen LogP contribution >= 0.6 is 0 Å². The second kappa shape index (κ2) is 15.7. The Balaban J connectivity index is 4.89. The van der Waals surface area contributed by atoms with Gasteiger partial charge in [-0.2, -0.15) is 0 Å². The fourth-order valence-corrected chi connectivity index (χ4v) is 3.26. The molecule has 0 aromatic rings. The van der Waals surface area contributed by atoms with Gasteiger partial charge in [-0.15, -0.1) is 0 Å². The molecule has 4 N–H and O–H groups in total. The summed E-state index contributed by atoms with van der Waals surface area (Å²) in [6.45, 7) is 5.12. The van der Waals surface area contributed by atoms with Crippen molar-refractivity contribution in [2.75, 3.05) is 20.6 Å². The van der Waals surface area contributed by atoms with Gasteiger partial charge < -0.3 is 21.3 Å². The van der Waals surface area contributed by atoms with E-state index in [2.05, 4.69) is 21.3 Å². The van der Waals surface area contributed by atoms with E-state index >= 15 is 0 Å². The minimum absolute atomic E-state index is 0.0121. The zero-order chi connectivity index (χ0) is 23.1. The largest absolute Gasteiger partial charge is 0.353 e. The summed E-state index contributed by atoms with van der Waals surface area (Å²) in [5, 5.41) is 11.5. The van der Waals surface area contributed by atoms with Crippen LogP contribution in [0.25, 0.3) is 0 Å². The maximum atomic E-state index is 12.5. The molecular weight excluding hydrogens is 388 g/mol. The fourth-order valence-electron chi connectivity index (χ4n) is 3.26. The molecule has 2 amide bonds. The molecule has 0 saturated heterocycles. The summed E-state index contributed by atoms with van der Waals surface area (Å²) in [7, 11) is 3.51. The average molecular weight is 427 g/mol. The highest BCUT2D eigenvalue weighted by Crippen LogP contribution is 2.07. The molecule has 172 valence electrons. The van der Waals surface area contributed by atoms with E-state index < -0.39 is 6.04 Å². The predicted octanol–water partition coefficient (Wildman–Crippen LogP) is 0.261. The van der Waals surface area contributed by atoms with Crippen LogP contribution in [0, 0.1) is 0 Å². The first-order valence-electron chi connectivity index (χ1n) is 10.5. The lowest BCUT2D eigenvalue weighted by Gasteiger charge is -2.22. The third kappa shape index (κ3) is 14.8. The molecule has 0 aromatic heterocycles. The molecule has 30 heavy (non-hydrogen) atoms. The molecule has 0 heterocycles. The van der Waals surface area contributed by atoms with Gasteiger partial charge in [0.25, 0.3) is 0 Å². The van der Waals surface area contributed by atoms with Gasteiger partial charge >= 0.3 is 0 Å². The van der Waals surface area contributed by atoms with Crippen molar-refractivity contribution in [3.05, 3.63) is 0 Å². The Hall–Kier alpha value is -2.13. The Morgan fingerprint density at radius 3 is 1.53 bits per heavy atom. The number of carbonyl (C=O) groups excluding carboxylic acids is 5. The van der Waals surface area contributed by atoms with Crippen molar-refractivity contribution < 1.29 is 24.0 Å². The van der Waals surface area contributed by atoms with E-state index in [0.717, 1.165) is 13.0 Å². The monoisotopic (exact) mass is 426 g/mol. The van der Waals surface area contributed by atoms with Crippen molar-refractivity contribution in [1.29, 1.82) is 0 Å². The first kappa shape index (κ1) is 27.9. The van der Waals surface area contributed by atoms with E-state index in [4.69, 9.17) is 0 Å². The quantitative estimate of drug-likeness (QED) is 0.245. The number of carbonyl (C=O) groups is 5. The lowest BCUT2D eigenvalue weighted by molar-refractivity contribution is -0.124. The average Bonchev–Trinajstić information content (AvgIpc) is 2.59. The van der Waals surface area contributed by atoms with E-state index in [-0.39, 0.29) is 73.4 Å². The van der Waals surface area contributed by atoms with Gasteiger partial charge in [-0.25, -0.2) is 0 Å². The van der Waals surface area contributed by atoms with Crippen molar-refractivity contribution >= 4 is 29.2 Å². The number of hydrogen-bond acceptors (Lipinski definition) is 7. The van der Waals surface area contributed by atoms with Gasteiger partial charge in [-0.1, -0.05) is 0 Å². The predicted molar refractivity (Wildman–Crippen MR) is 115 cm³/mol. The molecule has 0 bridgehead atoms. The van der Waals surface area contributed by atoms with Gasteiger partial charge in [-0.05, 0) is 54.3 Å². The topological polar surface area (TPSA) is 133 Å². The van der Waals surface area contributed by atoms with E-state index in [1.54, 1.807) is 7.05 Å². The molecule has 0 fully saturated rings. The molecule has 0 radical (unpaired) electrons. The minimum Gasteiger partial charge on any atom is -0.353 e. The van der Waals surface area contributed by atoms with Gasteiger partial charge in [0.15, 0.2) is 0 Å². The van der Waals surface area contributed by atoms with Gasteiger partial charge in [0, 0.05) is 50.2 Å². The van der Waals surface area contributed by atoms with Crippen LogP contribution in [0.3, 0.4) is 0 Å². The SMILES string of the molecule is CNCCCC(CC(C)=O)NC(=O)CC(CC(C)=O)NC(=O)CC(CC(C)=O)NC. The summed E-state index contributed by atoms with van der Waals surface area (Å²) in [4.78, 5) is 59.2. The highest BCUT2D eigenvalue weighted by atomic mass is 16.2. The number of Topliss-reactive ketones (excluding diaryl/α,β-unsaturated/α-hetero) is 3. The van der Waals surface area contributed by atoms with Crippen molar-refractivity contribution in [2.24, 2.45) is 0 Å². The Kier molecular flexibility index (Phi) is 14.6. The van der Waals surface area contributed by atoms with Gasteiger partial charge in [0.05, 0.1) is 0 Å². The molecular formula is C21H38N4O5. The Morgan fingerprint density at radius 2 is 1.07 bits per heavy atom. The normalized spacial score (nSPS) is 13.8. The van der Waals surface area contributed by atoms with E-state index in [1.807, 2.05) is 7.05 Å². The second-order valence-corrected chi connectivity index (χ2v) is 7.89. The summed E-state index contributed by atoms with van der Waals surface area (Å²) in [5.74, 6) is -0.829. The van der Waals surface area contributed by atoms with Crippen molar-refractivity contribution in [1.82, 2.24) is 21.3 Å². The maximum absolute atomic E-state index is 12.5. The third-order valence-corrected chi connectivity index (χ3v) is 4.58. The van der Waals surface area contributed by atoms with E-state index in [9.17, 15) is 24.0 Å². The lowest BCUT2D eigenvalue weighted by atomic mass is 10.0. The lowest BCUT2D eigenvalue weighted by Crippen LogP contribution is -2.44. The summed E-state index contributed by atoms with van der Waals surface area (Å²) in [5.41, 5.74) is 0. The molecule has 0 saturated carbocycles. The third-order valence-electron chi connectivity index (χ3n) is 4.58. The van der Waals surface area contributed by atoms with Gasteiger partial charge in [0.1, 0.15) is 17.3 Å². The molecule has 0 aliphatic carbocycles. The summed E-state index contributed by atoms with van der Waals surface area (Å²) in [6.07, 6.45) is 1.99. The minimum atomic E-state index is -0.639. The number of nitrogens with one attached hydrogen (secondary N) is 4. The van der Waals surface area contributed by atoms with Crippen LogP contribution in [0.15, 0.2) is 0 Å². The molecule has 0 aliphatic rings. The number of ketones is 3. The summed E-state index contributed by atoms with van der Waals surface area (Å²) >= 11 is 0. The van der Waals surface area contributed by atoms with E-state index in [1.165, 1.54) is 20.8 Å². The van der Waals surface area contributed by atoms with Crippen molar-refractivity contribution in [3.8, 4) is 0 Å². The van der Waals surface area contributed by atoms with Crippen LogP contribution in [-0.4, -0.2) is 67.9 Å². The highest BCUT2D eigenvalue weighted by molar-refractivity contribution is 5.84. The van der Waals surface area contributed by atoms with Crippen LogP contribution in [0.1, 0.15) is 65.7 Å². The molecule has 0 aromatic carbocycles. The molecule has 9 heteroatoms. The fraction of sp³-hybridized carbons (Fsp3) is 0.762. The highest BCUT2D eigenvalue weighted by Gasteiger charge is 2.22.